The predicted octanol–water partition coefficient (Wildman–Crippen LogP) is 4.18. The highest BCUT2D eigenvalue weighted by Gasteiger charge is 2.21. The molecule has 0 unspecified atom stereocenters. The van der Waals surface area contributed by atoms with E-state index in [0.717, 1.165) is 17.1 Å². The first kappa shape index (κ1) is 23.1. The van der Waals surface area contributed by atoms with Gasteiger partial charge in [0.15, 0.2) is 10.9 Å². The second-order valence-electron chi connectivity index (χ2n) is 7.57. The monoisotopic (exact) mass is 473 g/mol. The van der Waals surface area contributed by atoms with E-state index in [0.29, 0.717) is 28.0 Å². The summed E-state index contributed by atoms with van der Waals surface area (Å²) in [5.41, 5.74) is 4.62. The van der Waals surface area contributed by atoms with Crippen molar-refractivity contribution in [1.29, 1.82) is 0 Å². The topological polar surface area (TPSA) is 115 Å². The summed E-state index contributed by atoms with van der Waals surface area (Å²) < 4.78 is 1.66. The van der Waals surface area contributed by atoms with E-state index in [-0.39, 0.29) is 17.5 Å². The molecule has 172 valence electrons. The molecule has 0 aliphatic carbocycles. The molecule has 2 aromatic carbocycles. The maximum absolute atomic E-state index is 13.1. The van der Waals surface area contributed by atoms with E-state index in [2.05, 4.69) is 30.9 Å². The molecule has 0 saturated carbocycles. The first-order valence-corrected chi connectivity index (χ1v) is 11.5. The van der Waals surface area contributed by atoms with Gasteiger partial charge in [-0.3, -0.25) is 9.59 Å². The minimum atomic E-state index is -0.383. The van der Waals surface area contributed by atoms with Gasteiger partial charge < -0.3 is 10.6 Å². The fourth-order valence-corrected chi connectivity index (χ4v) is 4.25. The number of aromatic nitrogens is 5. The number of amides is 2. The molecule has 0 aliphatic heterocycles. The summed E-state index contributed by atoms with van der Waals surface area (Å²) in [6.45, 7) is 5.28. The summed E-state index contributed by atoms with van der Waals surface area (Å²) in [5, 5.41) is 14.6. The summed E-state index contributed by atoms with van der Waals surface area (Å²) in [6.07, 6.45) is 0. The minimum Gasteiger partial charge on any atom is -0.326 e. The van der Waals surface area contributed by atoms with Crippen molar-refractivity contribution in [2.75, 3.05) is 10.6 Å². The fourth-order valence-electron chi connectivity index (χ4n) is 3.31. The molecule has 0 atom stereocenters. The number of nitrogens with zero attached hydrogens (tertiary/aromatic N) is 5. The van der Waals surface area contributed by atoms with Crippen LogP contribution < -0.4 is 10.6 Å². The van der Waals surface area contributed by atoms with Crippen LogP contribution in [0.25, 0.3) is 5.69 Å². The Morgan fingerprint density at radius 3 is 2.15 bits per heavy atom. The molecule has 4 rings (SSSR count). The number of para-hydroxylation sites is 1. The highest BCUT2D eigenvalue weighted by Crippen LogP contribution is 2.24. The van der Waals surface area contributed by atoms with Crippen LogP contribution >= 0.6 is 11.8 Å². The molecule has 0 bridgehead atoms. The van der Waals surface area contributed by atoms with Crippen molar-refractivity contribution in [2.45, 2.75) is 31.7 Å². The van der Waals surface area contributed by atoms with Crippen LogP contribution in [0.2, 0.25) is 0 Å². The van der Waals surface area contributed by atoms with Gasteiger partial charge in [0.2, 0.25) is 5.91 Å². The van der Waals surface area contributed by atoms with Gasteiger partial charge in [-0.15, -0.1) is 5.10 Å². The molecule has 2 heterocycles. The summed E-state index contributed by atoms with van der Waals surface area (Å²) in [4.78, 5) is 33.3. The van der Waals surface area contributed by atoms with Crippen molar-refractivity contribution in [3.8, 4) is 5.69 Å². The number of nitrogens with one attached hydrogen (secondary N) is 2. The lowest BCUT2D eigenvalue weighted by molar-refractivity contribution is -0.114. The maximum atomic E-state index is 13.1. The van der Waals surface area contributed by atoms with Crippen LogP contribution in [0.15, 0.2) is 65.8 Å². The summed E-state index contributed by atoms with van der Waals surface area (Å²) in [5.74, 6) is -0.148. The number of rotatable bonds is 7. The van der Waals surface area contributed by atoms with Gasteiger partial charge in [-0.2, -0.15) is 0 Å². The highest BCUT2D eigenvalue weighted by molar-refractivity contribution is 7.98. The third-order valence-electron chi connectivity index (χ3n) is 4.74. The van der Waals surface area contributed by atoms with Crippen LogP contribution in [-0.2, 0) is 10.5 Å². The van der Waals surface area contributed by atoms with E-state index >= 15 is 0 Å². The zero-order chi connectivity index (χ0) is 24.1. The quantitative estimate of drug-likeness (QED) is 0.306. The number of thioether (sulfide) groups is 1. The molecular formula is C24H23N7O2S. The third-order valence-corrected chi connectivity index (χ3v) is 5.60. The molecule has 0 saturated heterocycles. The standard InChI is InChI=1S/C24H23N7O2S/c1-15-13-16(2)26-24(25-15)34-14-21-22(29-30-31(21)20-7-5-4-6-8-20)23(33)28-19-11-9-18(10-12-19)27-17(3)32/h4-13H,14H2,1-3H3,(H,27,32)(H,28,33). The Morgan fingerprint density at radius 1 is 0.912 bits per heavy atom. The van der Waals surface area contributed by atoms with Gasteiger partial charge in [-0.1, -0.05) is 35.2 Å². The van der Waals surface area contributed by atoms with Gasteiger partial charge in [-0.25, -0.2) is 14.6 Å². The molecule has 9 nitrogen and oxygen atoms in total. The van der Waals surface area contributed by atoms with Gasteiger partial charge in [-0.05, 0) is 56.3 Å². The zero-order valence-electron chi connectivity index (χ0n) is 18.9. The molecule has 34 heavy (non-hydrogen) atoms. The van der Waals surface area contributed by atoms with E-state index < -0.39 is 0 Å². The van der Waals surface area contributed by atoms with E-state index in [1.54, 1.807) is 28.9 Å². The highest BCUT2D eigenvalue weighted by atomic mass is 32.2. The molecule has 2 N–H and O–H groups in total. The smallest absolute Gasteiger partial charge is 0.278 e. The van der Waals surface area contributed by atoms with Crippen LogP contribution in [0.5, 0.6) is 0 Å². The average Bonchev–Trinajstić information content (AvgIpc) is 3.23. The summed E-state index contributed by atoms with van der Waals surface area (Å²) in [7, 11) is 0. The van der Waals surface area contributed by atoms with Gasteiger partial charge >= 0.3 is 0 Å². The van der Waals surface area contributed by atoms with Crippen molar-refractivity contribution in [3.05, 3.63) is 83.4 Å². The van der Waals surface area contributed by atoms with Gasteiger partial charge in [0.05, 0.1) is 11.4 Å². The lowest BCUT2D eigenvalue weighted by Crippen LogP contribution is -2.15. The number of aryl methyl sites for hydroxylation is 2. The predicted molar refractivity (Wildman–Crippen MR) is 131 cm³/mol. The number of hydrogen-bond acceptors (Lipinski definition) is 7. The number of hydrogen-bond donors (Lipinski definition) is 2. The largest absolute Gasteiger partial charge is 0.326 e. The lowest BCUT2D eigenvalue weighted by Gasteiger charge is -2.09. The molecule has 0 radical (unpaired) electrons. The van der Waals surface area contributed by atoms with Crippen LogP contribution in [-0.4, -0.2) is 36.8 Å². The first-order chi connectivity index (χ1) is 16.4. The molecule has 0 fully saturated rings. The van der Waals surface area contributed by atoms with Crippen molar-refractivity contribution in [1.82, 2.24) is 25.0 Å². The van der Waals surface area contributed by atoms with Crippen LogP contribution in [0.3, 0.4) is 0 Å². The van der Waals surface area contributed by atoms with Crippen molar-refractivity contribution in [3.63, 3.8) is 0 Å². The Balaban J connectivity index is 1.60. The SMILES string of the molecule is CC(=O)Nc1ccc(NC(=O)c2nnn(-c3ccccc3)c2CSc2nc(C)cc(C)n2)cc1. The van der Waals surface area contributed by atoms with Crippen LogP contribution in [0, 0.1) is 13.8 Å². The number of benzene rings is 2. The van der Waals surface area contributed by atoms with E-state index in [4.69, 9.17) is 0 Å². The normalized spacial score (nSPS) is 10.7. The minimum absolute atomic E-state index is 0.163. The van der Waals surface area contributed by atoms with E-state index in [1.807, 2.05) is 50.2 Å². The van der Waals surface area contributed by atoms with Crippen molar-refractivity contribution >= 4 is 35.0 Å². The summed E-state index contributed by atoms with van der Waals surface area (Å²) in [6, 6.07) is 18.3. The van der Waals surface area contributed by atoms with Crippen LogP contribution in [0.4, 0.5) is 11.4 Å². The van der Waals surface area contributed by atoms with Crippen molar-refractivity contribution in [2.24, 2.45) is 0 Å². The summed E-state index contributed by atoms with van der Waals surface area (Å²) >= 11 is 1.42. The van der Waals surface area contributed by atoms with E-state index in [1.165, 1.54) is 18.7 Å². The molecular weight excluding hydrogens is 450 g/mol. The second kappa shape index (κ2) is 10.3. The van der Waals surface area contributed by atoms with Gasteiger partial charge in [0.1, 0.15) is 0 Å². The van der Waals surface area contributed by atoms with Gasteiger partial charge in [0.25, 0.3) is 5.91 Å². The Hall–Kier alpha value is -4.05. The lowest BCUT2D eigenvalue weighted by atomic mass is 10.2. The average molecular weight is 474 g/mol. The number of anilines is 2. The Morgan fingerprint density at radius 2 is 1.53 bits per heavy atom. The molecule has 2 amide bonds. The molecule has 0 aliphatic rings. The van der Waals surface area contributed by atoms with Crippen LogP contribution in [0.1, 0.15) is 34.5 Å². The molecule has 4 aromatic rings. The second-order valence-corrected chi connectivity index (χ2v) is 8.51. The first-order valence-electron chi connectivity index (χ1n) is 10.5. The zero-order valence-corrected chi connectivity index (χ0v) is 19.8. The molecule has 10 heteroatoms. The van der Waals surface area contributed by atoms with Gasteiger partial charge in [0, 0.05) is 35.4 Å². The third kappa shape index (κ3) is 5.65. The Labute approximate surface area is 201 Å². The number of carbonyl (C=O) groups is 2. The number of carbonyl (C=O) groups excluding carboxylic acids is 2. The Bertz CT molecular complexity index is 1300. The molecule has 0 spiro atoms. The Kier molecular flexibility index (Phi) is 6.98. The van der Waals surface area contributed by atoms with Crippen molar-refractivity contribution < 1.29 is 9.59 Å². The fraction of sp³-hybridized carbons (Fsp3) is 0.167. The van der Waals surface area contributed by atoms with E-state index in [9.17, 15) is 9.59 Å². The maximum Gasteiger partial charge on any atom is 0.278 e. The molecule has 2 aromatic heterocycles.